The molecule has 2 amide bonds. The Kier molecular flexibility index (Phi) is 5.02. The minimum absolute atomic E-state index is 0.00774. The molecule has 0 aromatic rings. The van der Waals surface area contributed by atoms with Gasteiger partial charge in [0.25, 0.3) is 0 Å². The minimum Gasteiger partial charge on any atom is -0.395 e. The molecule has 5 heteroatoms. The van der Waals surface area contributed by atoms with E-state index in [0.717, 1.165) is 6.42 Å². The maximum absolute atomic E-state index is 11.8. The number of carbonyl (C=O) groups excluding carboxylic acids is 1. The van der Waals surface area contributed by atoms with Crippen LogP contribution in [-0.2, 0) is 4.74 Å². The maximum Gasteiger partial charge on any atom is 0.317 e. The molecule has 0 aliphatic carbocycles. The molecule has 94 valence electrons. The quantitative estimate of drug-likeness (QED) is 0.696. The minimum atomic E-state index is -0.0935. The van der Waals surface area contributed by atoms with Crippen LogP contribution in [0.25, 0.3) is 0 Å². The molecule has 1 fully saturated rings. The largest absolute Gasteiger partial charge is 0.395 e. The summed E-state index contributed by atoms with van der Waals surface area (Å²) < 4.78 is 5.12. The second kappa shape index (κ2) is 6.06. The van der Waals surface area contributed by atoms with Crippen LogP contribution in [0.4, 0.5) is 4.79 Å². The van der Waals surface area contributed by atoms with Crippen molar-refractivity contribution in [3.63, 3.8) is 0 Å². The van der Waals surface area contributed by atoms with Gasteiger partial charge in [-0.1, -0.05) is 13.8 Å². The number of carbonyl (C=O) groups is 1. The standard InChI is InChI=1S/C11H22N2O3/c1-3-4-13(5-6-14)10(15)12-7-11(2)8-16-9-11/h14H,3-9H2,1-2H3,(H,12,15). The van der Waals surface area contributed by atoms with Crippen LogP contribution >= 0.6 is 0 Å². The Morgan fingerprint density at radius 2 is 2.19 bits per heavy atom. The predicted molar refractivity (Wildman–Crippen MR) is 61.3 cm³/mol. The van der Waals surface area contributed by atoms with Crippen molar-refractivity contribution >= 4 is 6.03 Å². The van der Waals surface area contributed by atoms with Gasteiger partial charge in [-0.2, -0.15) is 0 Å². The van der Waals surface area contributed by atoms with Crippen LogP contribution in [0.15, 0.2) is 0 Å². The molecule has 0 aromatic carbocycles. The van der Waals surface area contributed by atoms with E-state index in [9.17, 15) is 4.79 Å². The lowest BCUT2D eigenvalue weighted by molar-refractivity contribution is -0.0978. The van der Waals surface area contributed by atoms with Crippen LogP contribution in [0.1, 0.15) is 20.3 Å². The second-order valence-corrected chi connectivity index (χ2v) is 4.67. The molecule has 5 nitrogen and oxygen atoms in total. The van der Waals surface area contributed by atoms with E-state index < -0.39 is 0 Å². The van der Waals surface area contributed by atoms with Gasteiger partial charge < -0.3 is 20.1 Å². The Morgan fingerprint density at radius 3 is 2.62 bits per heavy atom. The van der Waals surface area contributed by atoms with Crippen molar-refractivity contribution in [2.24, 2.45) is 5.41 Å². The number of hydrogen-bond acceptors (Lipinski definition) is 3. The van der Waals surface area contributed by atoms with Crippen LogP contribution in [0, 0.1) is 5.41 Å². The Hall–Kier alpha value is -0.810. The summed E-state index contributed by atoms with van der Waals surface area (Å²) in [4.78, 5) is 13.4. The summed E-state index contributed by atoms with van der Waals surface area (Å²) in [6.07, 6.45) is 0.897. The molecular formula is C11H22N2O3. The number of urea groups is 1. The van der Waals surface area contributed by atoms with E-state index in [-0.39, 0.29) is 18.1 Å². The van der Waals surface area contributed by atoms with Crippen LogP contribution in [0.3, 0.4) is 0 Å². The Morgan fingerprint density at radius 1 is 1.50 bits per heavy atom. The average Bonchev–Trinajstić information content (AvgIpc) is 2.23. The fourth-order valence-corrected chi connectivity index (χ4v) is 1.66. The van der Waals surface area contributed by atoms with E-state index in [4.69, 9.17) is 9.84 Å². The Balaban J connectivity index is 2.30. The summed E-state index contributed by atoms with van der Waals surface area (Å²) in [7, 11) is 0. The fourth-order valence-electron chi connectivity index (χ4n) is 1.66. The van der Waals surface area contributed by atoms with E-state index in [1.165, 1.54) is 0 Å². The number of aliphatic hydroxyl groups is 1. The zero-order valence-electron chi connectivity index (χ0n) is 10.2. The Bertz CT molecular complexity index is 223. The monoisotopic (exact) mass is 230 g/mol. The lowest BCUT2D eigenvalue weighted by Gasteiger charge is -2.38. The molecule has 1 aliphatic rings. The third kappa shape index (κ3) is 3.64. The lowest BCUT2D eigenvalue weighted by Crippen LogP contribution is -2.51. The van der Waals surface area contributed by atoms with Crippen molar-refractivity contribution in [1.82, 2.24) is 10.2 Å². The molecule has 1 aliphatic heterocycles. The van der Waals surface area contributed by atoms with Gasteiger partial charge in [0.2, 0.25) is 0 Å². The molecule has 2 N–H and O–H groups in total. The van der Waals surface area contributed by atoms with E-state index in [1.807, 2.05) is 6.92 Å². The van der Waals surface area contributed by atoms with Crippen LogP contribution in [0.2, 0.25) is 0 Å². The first-order valence-corrected chi connectivity index (χ1v) is 5.83. The van der Waals surface area contributed by atoms with Crippen molar-refractivity contribution in [2.45, 2.75) is 20.3 Å². The van der Waals surface area contributed by atoms with Crippen molar-refractivity contribution < 1.29 is 14.6 Å². The molecule has 0 saturated carbocycles. The molecule has 0 unspecified atom stereocenters. The summed E-state index contributed by atoms with van der Waals surface area (Å²) >= 11 is 0. The number of amides is 2. The molecule has 0 bridgehead atoms. The zero-order chi connectivity index (χ0) is 12.0. The molecule has 1 rings (SSSR count). The number of nitrogens with zero attached hydrogens (tertiary/aromatic N) is 1. The van der Waals surface area contributed by atoms with E-state index in [0.29, 0.717) is 32.8 Å². The van der Waals surface area contributed by atoms with Gasteiger partial charge in [-0.25, -0.2) is 4.79 Å². The van der Waals surface area contributed by atoms with E-state index in [2.05, 4.69) is 12.2 Å². The topological polar surface area (TPSA) is 61.8 Å². The highest BCUT2D eigenvalue weighted by atomic mass is 16.5. The molecule has 0 spiro atoms. The normalized spacial score (nSPS) is 17.7. The highest BCUT2D eigenvalue weighted by Gasteiger charge is 2.33. The SMILES string of the molecule is CCCN(CCO)C(=O)NCC1(C)COC1. The summed E-state index contributed by atoms with van der Waals surface area (Å²) in [6, 6.07) is -0.0935. The summed E-state index contributed by atoms with van der Waals surface area (Å²) in [6.45, 7) is 7.24. The second-order valence-electron chi connectivity index (χ2n) is 4.67. The fraction of sp³-hybridized carbons (Fsp3) is 0.909. The number of ether oxygens (including phenoxy) is 1. The third-order valence-electron chi connectivity index (χ3n) is 2.72. The molecular weight excluding hydrogens is 208 g/mol. The number of aliphatic hydroxyl groups excluding tert-OH is 1. The van der Waals surface area contributed by atoms with Gasteiger partial charge in [0.15, 0.2) is 0 Å². The van der Waals surface area contributed by atoms with Crippen molar-refractivity contribution in [3.8, 4) is 0 Å². The van der Waals surface area contributed by atoms with Crippen LogP contribution < -0.4 is 5.32 Å². The molecule has 16 heavy (non-hydrogen) atoms. The zero-order valence-corrected chi connectivity index (χ0v) is 10.2. The van der Waals surface area contributed by atoms with Crippen LogP contribution in [-0.4, -0.2) is 55.5 Å². The van der Waals surface area contributed by atoms with Gasteiger partial charge in [-0.15, -0.1) is 0 Å². The van der Waals surface area contributed by atoms with Crippen molar-refractivity contribution in [1.29, 1.82) is 0 Å². The number of hydrogen-bond donors (Lipinski definition) is 2. The lowest BCUT2D eigenvalue weighted by atomic mass is 9.89. The average molecular weight is 230 g/mol. The highest BCUT2D eigenvalue weighted by molar-refractivity contribution is 5.74. The molecule has 1 saturated heterocycles. The van der Waals surface area contributed by atoms with E-state index in [1.54, 1.807) is 4.90 Å². The maximum atomic E-state index is 11.8. The number of nitrogens with one attached hydrogen (secondary N) is 1. The van der Waals surface area contributed by atoms with E-state index >= 15 is 0 Å². The van der Waals surface area contributed by atoms with Gasteiger partial charge in [0.05, 0.1) is 19.8 Å². The van der Waals surface area contributed by atoms with Crippen molar-refractivity contribution in [2.75, 3.05) is 39.5 Å². The van der Waals surface area contributed by atoms with Gasteiger partial charge in [-0.05, 0) is 6.42 Å². The Labute approximate surface area is 96.8 Å². The first kappa shape index (κ1) is 13.3. The molecule has 0 aromatic heterocycles. The van der Waals surface area contributed by atoms with Gasteiger partial charge in [0.1, 0.15) is 0 Å². The summed E-state index contributed by atoms with van der Waals surface area (Å²) in [5, 5.41) is 11.7. The smallest absolute Gasteiger partial charge is 0.317 e. The van der Waals surface area contributed by atoms with Crippen molar-refractivity contribution in [3.05, 3.63) is 0 Å². The number of rotatable bonds is 6. The molecule has 1 heterocycles. The molecule has 0 atom stereocenters. The first-order chi connectivity index (χ1) is 7.61. The highest BCUT2D eigenvalue weighted by Crippen LogP contribution is 2.25. The predicted octanol–water partition coefficient (Wildman–Crippen LogP) is 0.437. The molecule has 0 radical (unpaired) electrons. The summed E-state index contributed by atoms with van der Waals surface area (Å²) in [5.74, 6) is 0. The first-order valence-electron chi connectivity index (χ1n) is 5.83. The van der Waals surface area contributed by atoms with Gasteiger partial charge >= 0.3 is 6.03 Å². The van der Waals surface area contributed by atoms with Crippen LogP contribution in [0.5, 0.6) is 0 Å². The third-order valence-corrected chi connectivity index (χ3v) is 2.72. The van der Waals surface area contributed by atoms with Gasteiger partial charge in [-0.3, -0.25) is 0 Å². The van der Waals surface area contributed by atoms with Gasteiger partial charge in [0, 0.05) is 25.0 Å². The summed E-state index contributed by atoms with van der Waals surface area (Å²) in [5.41, 5.74) is 0.0900.